The lowest BCUT2D eigenvalue weighted by Crippen LogP contribution is -2.19. The van der Waals surface area contributed by atoms with Crippen LogP contribution in [-0.2, 0) is 5.88 Å². The molecule has 4 rings (SSSR count). The average Bonchev–Trinajstić information content (AvgIpc) is 3.08. The molecule has 0 saturated heterocycles. The summed E-state index contributed by atoms with van der Waals surface area (Å²) in [6.45, 7) is 4.82. The number of benzene rings is 2. The van der Waals surface area contributed by atoms with Crippen LogP contribution in [0.15, 0.2) is 36.4 Å². The molecule has 3 atom stereocenters. The Morgan fingerprint density at radius 3 is 2.54 bits per heavy atom. The molecule has 1 nitrogen and oxygen atoms in total. The second-order valence-corrected chi connectivity index (χ2v) is 8.71. The third-order valence-corrected chi connectivity index (χ3v) is 7.30. The number of halogens is 2. The lowest BCUT2D eigenvalue weighted by Gasteiger charge is -2.29. The number of hydrogen-bond donors (Lipinski definition) is 0. The van der Waals surface area contributed by atoms with Crippen molar-refractivity contribution >= 4 is 11.6 Å². The number of hydrogen-bond acceptors (Lipinski definition) is 1. The third kappa shape index (κ3) is 2.74. The zero-order valence-electron chi connectivity index (χ0n) is 15.7. The van der Waals surface area contributed by atoms with Gasteiger partial charge in [0.1, 0.15) is 11.6 Å². The highest BCUT2D eigenvalue weighted by molar-refractivity contribution is 6.17. The largest absolute Gasteiger partial charge is 0.497 e. The Kier molecular flexibility index (Phi) is 4.51. The summed E-state index contributed by atoms with van der Waals surface area (Å²) in [5, 5.41) is 0. The van der Waals surface area contributed by atoms with E-state index in [0.717, 1.165) is 17.0 Å². The minimum atomic E-state index is -0.201. The molecular formula is C23H26ClFO. The van der Waals surface area contributed by atoms with Crippen molar-refractivity contribution in [3.8, 4) is 16.9 Å². The molecular weight excluding hydrogens is 347 g/mol. The van der Waals surface area contributed by atoms with Crippen LogP contribution < -0.4 is 4.74 Å². The quantitative estimate of drug-likeness (QED) is 0.537. The first-order chi connectivity index (χ1) is 12.5. The van der Waals surface area contributed by atoms with Crippen LogP contribution in [0.25, 0.3) is 11.1 Å². The summed E-state index contributed by atoms with van der Waals surface area (Å²) in [5.74, 6) is 2.87. The van der Waals surface area contributed by atoms with E-state index in [-0.39, 0.29) is 5.82 Å². The Hall–Kier alpha value is -1.54. The Morgan fingerprint density at radius 2 is 1.92 bits per heavy atom. The molecule has 0 heterocycles. The normalized spacial score (nSPS) is 26.3. The van der Waals surface area contributed by atoms with Gasteiger partial charge in [0.2, 0.25) is 0 Å². The van der Waals surface area contributed by atoms with Crippen LogP contribution in [0, 0.1) is 23.1 Å². The molecule has 2 aromatic carbocycles. The molecule has 138 valence electrons. The summed E-state index contributed by atoms with van der Waals surface area (Å²) in [4.78, 5) is 0. The molecule has 0 radical (unpaired) electrons. The summed E-state index contributed by atoms with van der Waals surface area (Å²) in [7, 11) is 1.62. The van der Waals surface area contributed by atoms with Gasteiger partial charge in [-0.05, 0) is 77.3 Å². The van der Waals surface area contributed by atoms with E-state index < -0.39 is 0 Å². The van der Waals surface area contributed by atoms with Gasteiger partial charge in [0, 0.05) is 11.4 Å². The number of methoxy groups -OCH3 is 1. The van der Waals surface area contributed by atoms with E-state index in [9.17, 15) is 4.39 Å². The van der Waals surface area contributed by atoms with Gasteiger partial charge < -0.3 is 4.74 Å². The highest BCUT2D eigenvalue weighted by atomic mass is 35.5. The highest BCUT2D eigenvalue weighted by Crippen LogP contribution is 2.64. The molecule has 0 spiro atoms. The van der Waals surface area contributed by atoms with Crippen LogP contribution in [0.1, 0.15) is 50.2 Å². The second-order valence-electron chi connectivity index (χ2n) is 8.45. The first-order valence-corrected chi connectivity index (χ1v) is 10.0. The van der Waals surface area contributed by atoms with Gasteiger partial charge in [-0.15, -0.1) is 11.6 Å². The Bertz CT molecular complexity index is 829. The summed E-state index contributed by atoms with van der Waals surface area (Å²) in [6.07, 6.45) is 3.79. The minimum absolute atomic E-state index is 0.201. The zero-order chi connectivity index (χ0) is 18.5. The Morgan fingerprint density at radius 1 is 1.12 bits per heavy atom. The fourth-order valence-electron chi connectivity index (χ4n) is 5.47. The molecule has 2 aromatic rings. The fourth-order valence-corrected chi connectivity index (χ4v) is 5.63. The van der Waals surface area contributed by atoms with Crippen LogP contribution in [0.3, 0.4) is 0 Å². The molecule has 2 aliphatic rings. The van der Waals surface area contributed by atoms with Crippen LogP contribution in [-0.4, -0.2) is 7.11 Å². The van der Waals surface area contributed by atoms with E-state index in [2.05, 4.69) is 19.9 Å². The molecule has 0 aromatic heterocycles. The smallest absolute Gasteiger partial charge is 0.131 e. The van der Waals surface area contributed by atoms with Gasteiger partial charge in [-0.3, -0.25) is 0 Å². The molecule has 2 bridgehead atoms. The van der Waals surface area contributed by atoms with Crippen LogP contribution in [0.5, 0.6) is 5.75 Å². The summed E-state index contributed by atoms with van der Waals surface area (Å²) >= 11 is 6.12. The second kappa shape index (κ2) is 6.56. The van der Waals surface area contributed by atoms with Crippen LogP contribution in [0.4, 0.5) is 4.39 Å². The Balaban J connectivity index is 1.85. The molecule has 0 N–H and O–H groups in total. The summed E-state index contributed by atoms with van der Waals surface area (Å²) in [6, 6.07) is 11.3. The molecule has 0 aliphatic heterocycles. The number of rotatable bonds is 4. The molecule has 3 unspecified atom stereocenters. The van der Waals surface area contributed by atoms with E-state index in [1.165, 1.54) is 30.9 Å². The number of fused-ring (bicyclic) bond motifs is 2. The maximum atomic E-state index is 14.7. The summed E-state index contributed by atoms with van der Waals surface area (Å²) < 4.78 is 20.0. The average molecular weight is 373 g/mol. The first kappa shape index (κ1) is 17.9. The third-order valence-electron chi connectivity index (χ3n) is 6.99. The van der Waals surface area contributed by atoms with E-state index in [0.29, 0.717) is 34.4 Å². The van der Waals surface area contributed by atoms with Crippen LogP contribution in [0.2, 0.25) is 0 Å². The molecule has 3 heteroatoms. The van der Waals surface area contributed by atoms with Gasteiger partial charge >= 0.3 is 0 Å². The van der Waals surface area contributed by atoms with E-state index >= 15 is 0 Å². The van der Waals surface area contributed by atoms with Gasteiger partial charge in [0.15, 0.2) is 0 Å². The lowest BCUT2D eigenvalue weighted by molar-refractivity contribution is 0.253. The summed E-state index contributed by atoms with van der Waals surface area (Å²) in [5.41, 5.74) is 4.35. The predicted molar refractivity (Wildman–Crippen MR) is 105 cm³/mol. The lowest BCUT2D eigenvalue weighted by atomic mass is 9.76. The van der Waals surface area contributed by atoms with Crippen molar-refractivity contribution in [1.29, 1.82) is 0 Å². The van der Waals surface area contributed by atoms with Gasteiger partial charge in [-0.2, -0.15) is 0 Å². The standard InChI is InChI=1S/C23H26ClFO/c1-23(2)15-5-8-21(23)19(11-15)18-10-14(13-24)4-7-17(18)20-12-16(26-3)6-9-22(20)25/h4,6-7,9-10,12,15,19,21H,5,8,11,13H2,1-3H3. The van der Waals surface area contributed by atoms with Crippen molar-refractivity contribution in [3.63, 3.8) is 0 Å². The van der Waals surface area contributed by atoms with Gasteiger partial charge in [0.25, 0.3) is 0 Å². The molecule has 2 saturated carbocycles. The minimum Gasteiger partial charge on any atom is -0.497 e. The first-order valence-electron chi connectivity index (χ1n) is 9.48. The molecule has 2 aliphatic carbocycles. The van der Waals surface area contributed by atoms with Crippen LogP contribution >= 0.6 is 11.6 Å². The monoisotopic (exact) mass is 372 g/mol. The molecule has 2 fully saturated rings. The van der Waals surface area contributed by atoms with Crippen molar-refractivity contribution in [2.75, 3.05) is 7.11 Å². The zero-order valence-corrected chi connectivity index (χ0v) is 16.4. The maximum Gasteiger partial charge on any atom is 0.131 e. The predicted octanol–water partition coefficient (Wildman–Crippen LogP) is 6.78. The maximum absolute atomic E-state index is 14.7. The van der Waals surface area contributed by atoms with Crippen molar-refractivity contribution in [3.05, 3.63) is 53.3 Å². The fraction of sp³-hybridized carbons (Fsp3) is 0.478. The number of ether oxygens (including phenoxy) is 1. The molecule has 0 amide bonds. The number of alkyl halides is 1. The van der Waals surface area contributed by atoms with Crippen molar-refractivity contribution in [2.24, 2.45) is 17.3 Å². The highest BCUT2D eigenvalue weighted by Gasteiger charge is 2.53. The SMILES string of the molecule is COc1ccc(F)c(-c2ccc(CCl)cc2C2CC3CCC2C3(C)C)c1. The Labute approximate surface area is 160 Å². The van der Waals surface area contributed by atoms with Gasteiger partial charge in [0.05, 0.1) is 7.11 Å². The van der Waals surface area contributed by atoms with Gasteiger partial charge in [-0.1, -0.05) is 32.0 Å². The van der Waals surface area contributed by atoms with E-state index in [1.807, 2.05) is 18.2 Å². The van der Waals surface area contributed by atoms with E-state index in [1.54, 1.807) is 13.2 Å². The molecule has 26 heavy (non-hydrogen) atoms. The van der Waals surface area contributed by atoms with Crippen molar-refractivity contribution in [2.45, 2.75) is 44.9 Å². The van der Waals surface area contributed by atoms with Crippen molar-refractivity contribution in [1.82, 2.24) is 0 Å². The van der Waals surface area contributed by atoms with Gasteiger partial charge in [-0.25, -0.2) is 4.39 Å². The van der Waals surface area contributed by atoms with Crippen molar-refractivity contribution < 1.29 is 9.13 Å². The topological polar surface area (TPSA) is 9.23 Å². The van der Waals surface area contributed by atoms with E-state index in [4.69, 9.17) is 16.3 Å².